The lowest BCUT2D eigenvalue weighted by atomic mass is 9.97. The van der Waals surface area contributed by atoms with Gasteiger partial charge in [-0.05, 0) is 18.4 Å². The van der Waals surface area contributed by atoms with Gasteiger partial charge in [-0.3, -0.25) is 0 Å². The van der Waals surface area contributed by atoms with Gasteiger partial charge >= 0.3 is 12.1 Å². The number of hydrogen-bond donors (Lipinski definition) is 0. The van der Waals surface area contributed by atoms with Crippen molar-refractivity contribution in [1.82, 2.24) is 4.90 Å². The number of likely N-dealkylation sites (N-methyl/N-ethyl adjacent to an activating group) is 1. The number of methoxy groups -OCH3 is 1. The van der Waals surface area contributed by atoms with Gasteiger partial charge in [-0.15, -0.1) is 0 Å². The zero-order chi connectivity index (χ0) is 13.7. The maximum absolute atomic E-state index is 13.0. The van der Waals surface area contributed by atoms with Gasteiger partial charge in [-0.2, -0.15) is 13.2 Å². The first kappa shape index (κ1) is 13.0. The molecule has 0 aromatic rings. The molecule has 3 nitrogen and oxygen atoms in total. The number of halogens is 3. The van der Waals surface area contributed by atoms with Crippen molar-refractivity contribution in [3.8, 4) is 0 Å². The molecule has 18 heavy (non-hydrogen) atoms. The third-order valence-electron chi connectivity index (χ3n) is 3.76. The van der Waals surface area contributed by atoms with Crippen LogP contribution < -0.4 is 0 Å². The highest BCUT2D eigenvalue weighted by molar-refractivity contribution is 5.91. The number of carbonyl (C=O) groups is 1. The molecule has 2 aliphatic rings. The van der Waals surface area contributed by atoms with E-state index in [1.165, 1.54) is 0 Å². The second-order valence-electron chi connectivity index (χ2n) is 4.64. The Labute approximate surface area is 103 Å². The highest BCUT2D eigenvalue weighted by Gasteiger charge is 2.50. The van der Waals surface area contributed by atoms with Gasteiger partial charge in [0.05, 0.1) is 13.2 Å². The molecule has 1 aliphatic carbocycles. The third-order valence-corrected chi connectivity index (χ3v) is 3.76. The van der Waals surface area contributed by atoms with E-state index >= 15 is 0 Å². The summed E-state index contributed by atoms with van der Waals surface area (Å²) in [6, 6.07) is -0.377. The zero-order valence-electron chi connectivity index (χ0n) is 10.2. The Balaban J connectivity index is 2.46. The van der Waals surface area contributed by atoms with Crippen LogP contribution in [0.4, 0.5) is 13.2 Å². The maximum atomic E-state index is 13.0. The largest absolute Gasteiger partial charge is 0.465 e. The normalized spacial score (nSPS) is 29.8. The first-order valence-electron chi connectivity index (χ1n) is 5.57. The van der Waals surface area contributed by atoms with Gasteiger partial charge in [0.15, 0.2) is 0 Å². The highest BCUT2D eigenvalue weighted by atomic mass is 19.4. The second kappa shape index (κ2) is 4.03. The van der Waals surface area contributed by atoms with Crippen molar-refractivity contribution in [3.05, 3.63) is 23.4 Å². The summed E-state index contributed by atoms with van der Waals surface area (Å²) in [6.07, 6.45) is -3.83. The molecule has 0 N–H and O–H groups in total. The summed E-state index contributed by atoms with van der Waals surface area (Å²) in [4.78, 5) is 13.1. The minimum atomic E-state index is -4.67. The Morgan fingerprint density at radius 3 is 2.50 bits per heavy atom. The van der Waals surface area contributed by atoms with E-state index in [0.29, 0.717) is 6.42 Å². The Bertz CT molecular complexity index is 435. The number of rotatable bonds is 1. The van der Waals surface area contributed by atoms with E-state index in [1.54, 1.807) is 11.9 Å². The number of ether oxygens (including phenoxy) is 1. The number of alkyl halides is 3. The van der Waals surface area contributed by atoms with Gasteiger partial charge in [0.25, 0.3) is 0 Å². The molecule has 100 valence electrons. The van der Waals surface area contributed by atoms with Crippen LogP contribution in [0.15, 0.2) is 23.4 Å². The Morgan fingerprint density at radius 2 is 2.11 bits per heavy atom. The smallest absolute Gasteiger partial charge is 0.423 e. The van der Waals surface area contributed by atoms with Gasteiger partial charge in [0.2, 0.25) is 0 Å². The summed E-state index contributed by atoms with van der Waals surface area (Å²) in [5.41, 5.74) is -0.166. The molecule has 1 heterocycles. The van der Waals surface area contributed by atoms with E-state index in [9.17, 15) is 18.0 Å². The fourth-order valence-electron chi connectivity index (χ4n) is 2.83. The van der Waals surface area contributed by atoms with E-state index < -0.39 is 17.7 Å². The molecule has 0 spiro atoms. The first-order chi connectivity index (χ1) is 8.27. The minimum absolute atomic E-state index is 0.0111. The number of fused-ring (bicyclic) bond motifs is 2. The molecule has 1 aliphatic heterocycles. The Kier molecular flexibility index (Phi) is 2.91. The van der Waals surface area contributed by atoms with Crippen LogP contribution in [0.1, 0.15) is 12.8 Å². The fourth-order valence-corrected chi connectivity index (χ4v) is 2.83. The SMILES string of the molecule is C=C1C2C/C(=C(/C(=O)OC)C(F)(F)F)C(C2)N1C. The monoisotopic (exact) mass is 261 g/mol. The average molecular weight is 261 g/mol. The molecule has 0 radical (unpaired) electrons. The van der Waals surface area contributed by atoms with Crippen molar-refractivity contribution in [1.29, 1.82) is 0 Å². The van der Waals surface area contributed by atoms with Crippen LogP contribution in [0.3, 0.4) is 0 Å². The summed E-state index contributed by atoms with van der Waals surface area (Å²) in [5, 5.41) is 0. The molecule has 0 aromatic heterocycles. The Hall–Kier alpha value is -1.46. The topological polar surface area (TPSA) is 29.5 Å². The van der Waals surface area contributed by atoms with Crippen molar-refractivity contribution in [2.24, 2.45) is 5.92 Å². The third kappa shape index (κ3) is 1.79. The molecule has 2 unspecified atom stereocenters. The lowest BCUT2D eigenvalue weighted by Crippen LogP contribution is -2.33. The average Bonchev–Trinajstić information content (AvgIpc) is 2.78. The summed E-state index contributed by atoms with van der Waals surface area (Å²) in [6.45, 7) is 3.84. The van der Waals surface area contributed by atoms with Gasteiger partial charge in [0, 0.05) is 18.7 Å². The number of hydrogen-bond acceptors (Lipinski definition) is 3. The van der Waals surface area contributed by atoms with Crippen molar-refractivity contribution in [3.63, 3.8) is 0 Å². The second-order valence-corrected chi connectivity index (χ2v) is 4.64. The van der Waals surface area contributed by atoms with E-state index in [-0.39, 0.29) is 24.0 Å². The molecule has 0 aromatic carbocycles. The van der Waals surface area contributed by atoms with Crippen LogP contribution >= 0.6 is 0 Å². The first-order valence-corrected chi connectivity index (χ1v) is 5.57. The minimum Gasteiger partial charge on any atom is -0.465 e. The highest BCUT2D eigenvalue weighted by Crippen LogP contribution is 2.49. The van der Waals surface area contributed by atoms with Crippen LogP contribution in [-0.2, 0) is 9.53 Å². The predicted molar refractivity (Wildman–Crippen MR) is 58.5 cm³/mol. The van der Waals surface area contributed by atoms with Crippen molar-refractivity contribution in [2.45, 2.75) is 25.1 Å². The van der Waals surface area contributed by atoms with Crippen LogP contribution in [0.25, 0.3) is 0 Å². The molecule has 1 saturated heterocycles. The van der Waals surface area contributed by atoms with Gasteiger partial charge in [-0.1, -0.05) is 6.58 Å². The molecular weight excluding hydrogens is 247 g/mol. The number of esters is 1. The van der Waals surface area contributed by atoms with Crippen LogP contribution in [-0.4, -0.2) is 37.2 Å². The standard InChI is InChI=1S/C12H14F3NO2/c1-6-7-4-8(9(5-7)16(6)2)10(11(17)18-3)12(13,14)15/h7,9H,1,4-5H2,2-3H3/b10-8+. The van der Waals surface area contributed by atoms with Gasteiger partial charge in [0.1, 0.15) is 5.57 Å². The number of nitrogens with zero attached hydrogens (tertiary/aromatic N) is 1. The van der Waals surface area contributed by atoms with E-state index in [2.05, 4.69) is 11.3 Å². The molecular formula is C12H14F3NO2. The maximum Gasteiger partial charge on any atom is 0.423 e. The van der Waals surface area contributed by atoms with Crippen LogP contribution in [0, 0.1) is 5.92 Å². The van der Waals surface area contributed by atoms with Crippen LogP contribution in [0.5, 0.6) is 0 Å². The Morgan fingerprint density at radius 1 is 1.50 bits per heavy atom. The summed E-state index contributed by atoms with van der Waals surface area (Å²) in [5.74, 6) is -1.29. The molecule has 2 fully saturated rings. The van der Waals surface area contributed by atoms with Crippen molar-refractivity contribution >= 4 is 5.97 Å². The number of piperidine rings is 1. The summed E-state index contributed by atoms with van der Waals surface area (Å²) in [7, 11) is 2.67. The molecule has 2 bridgehead atoms. The predicted octanol–water partition coefficient (Wildman–Crippen LogP) is 2.26. The molecule has 2 atom stereocenters. The zero-order valence-corrected chi connectivity index (χ0v) is 10.2. The molecule has 1 saturated carbocycles. The van der Waals surface area contributed by atoms with Crippen molar-refractivity contribution in [2.75, 3.05) is 14.2 Å². The summed E-state index contributed by atoms with van der Waals surface area (Å²) >= 11 is 0. The van der Waals surface area contributed by atoms with Crippen LogP contribution in [0.2, 0.25) is 0 Å². The number of likely N-dealkylation sites (tertiary alicyclic amines) is 1. The number of carbonyl (C=O) groups excluding carboxylic acids is 1. The number of allylic oxidation sites excluding steroid dienone is 1. The molecule has 0 amide bonds. The van der Waals surface area contributed by atoms with E-state index in [1.807, 2.05) is 0 Å². The quantitative estimate of drug-likeness (QED) is 0.535. The van der Waals surface area contributed by atoms with Gasteiger partial charge in [-0.25, -0.2) is 4.79 Å². The molecule has 6 heteroatoms. The fraction of sp³-hybridized carbons (Fsp3) is 0.583. The van der Waals surface area contributed by atoms with E-state index in [4.69, 9.17) is 0 Å². The molecule has 2 rings (SSSR count). The van der Waals surface area contributed by atoms with E-state index in [0.717, 1.165) is 12.8 Å². The lowest BCUT2D eigenvalue weighted by molar-refractivity contribution is -0.148. The summed E-state index contributed by atoms with van der Waals surface area (Å²) < 4.78 is 43.1. The van der Waals surface area contributed by atoms with Gasteiger partial charge < -0.3 is 9.64 Å². The lowest BCUT2D eigenvalue weighted by Gasteiger charge is -2.30. The van der Waals surface area contributed by atoms with Crippen molar-refractivity contribution < 1.29 is 22.7 Å².